The Kier molecular flexibility index (Phi) is 8.42. The van der Waals surface area contributed by atoms with Crippen LogP contribution >= 0.6 is 0 Å². The van der Waals surface area contributed by atoms with Crippen LogP contribution in [-0.4, -0.2) is 58.1 Å². The Bertz CT molecular complexity index is 533. The van der Waals surface area contributed by atoms with Crippen molar-refractivity contribution in [1.29, 1.82) is 0 Å². The SMILES string of the molecule is CCCN(CCC)c1ccc(/C=N\NC(=O)C[NH+]2CCOCC2)cc1. The number of nitrogens with one attached hydrogen (secondary N) is 2. The van der Waals surface area contributed by atoms with E-state index in [4.69, 9.17) is 4.74 Å². The number of nitrogens with zero attached hydrogens (tertiary/aromatic N) is 2. The highest BCUT2D eigenvalue weighted by molar-refractivity contribution is 5.83. The van der Waals surface area contributed by atoms with E-state index >= 15 is 0 Å². The Balaban J connectivity index is 1.81. The summed E-state index contributed by atoms with van der Waals surface area (Å²) in [5, 5.41) is 4.07. The first-order chi connectivity index (χ1) is 12.2. The summed E-state index contributed by atoms with van der Waals surface area (Å²) >= 11 is 0. The molecule has 138 valence electrons. The van der Waals surface area contributed by atoms with Gasteiger partial charge >= 0.3 is 0 Å². The van der Waals surface area contributed by atoms with Gasteiger partial charge in [-0.15, -0.1) is 0 Å². The molecule has 0 bridgehead atoms. The number of hydrazone groups is 1. The van der Waals surface area contributed by atoms with Crippen LogP contribution in [0.1, 0.15) is 32.3 Å². The van der Waals surface area contributed by atoms with Crippen LogP contribution in [0.15, 0.2) is 29.4 Å². The van der Waals surface area contributed by atoms with Crippen LogP contribution in [0, 0.1) is 0 Å². The Hall–Kier alpha value is -1.92. The molecule has 1 heterocycles. The van der Waals surface area contributed by atoms with E-state index in [0.29, 0.717) is 6.54 Å². The fourth-order valence-electron chi connectivity index (χ4n) is 2.96. The minimum atomic E-state index is -0.0539. The van der Waals surface area contributed by atoms with E-state index in [-0.39, 0.29) is 5.91 Å². The smallest absolute Gasteiger partial charge is 0.295 e. The third kappa shape index (κ3) is 6.84. The largest absolute Gasteiger partial charge is 0.372 e. The zero-order valence-electron chi connectivity index (χ0n) is 15.5. The molecule has 6 nitrogen and oxygen atoms in total. The molecule has 2 N–H and O–H groups in total. The minimum Gasteiger partial charge on any atom is -0.372 e. The summed E-state index contributed by atoms with van der Waals surface area (Å²) in [6, 6.07) is 8.31. The zero-order chi connectivity index (χ0) is 17.9. The van der Waals surface area contributed by atoms with Crippen LogP contribution in [-0.2, 0) is 9.53 Å². The van der Waals surface area contributed by atoms with Crippen molar-refractivity contribution >= 4 is 17.8 Å². The summed E-state index contributed by atoms with van der Waals surface area (Å²) < 4.78 is 5.29. The lowest BCUT2D eigenvalue weighted by atomic mass is 10.2. The molecule has 6 heteroatoms. The molecule has 0 radical (unpaired) electrons. The minimum absolute atomic E-state index is 0.0539. The second-order valence-corrected chi connectivity index (χ2v) is 6.41. The van der Waals surface area contributed by atoms with Crippen molar-refractivity contribution < 1.29 is 14.4 Å². The number of benzene rings is 1. The molecule has 1 fully saturated rings. The topological polar surface area (TPSA) is 58.4 Å². The third-order valence-corrected chi connectivity index (χ3v) is 4.26. The average Bonchev–Trinajstić information content (AvgIpc) is 2.63. The van der Waals surface area contributed by atoms with Gasteiger partial charge in [0, 0.05) is 18.8 Å². The molecule has 1 aromatic carbocycles. The maximum absolute atomic E-state index is 11.9. The normalized spacial score (nSPS) is 15.4. The Morgan fingerprint density at radius 2 is 1.84 bits per heavy atom. The molecule has 1 aromatic rings. The van der Waals surface area contributed by atoms with Gasteiger partial charge in [-0.3, -0.25) is 4.79 Å². The number of hydrogen-bond donors (Lipinski definition) is 2. The molecule has 0 spiro atoms. The molecule has 0 aromatic heterocycles. The van der Waals surface area contributed by atoms with E-state index in [0.717, 1.165) is 57.8 Å². The van der Waals surface area contributed by atoms with E-state index < -0.39 is 0 Å². The summed E-state index contributed by atoms with van der Waals surface area (Å²) in [5.74, 6) is -0.0539. The standard InChI is InChI=1S/C19H30N4O2/c1-3-9-23(10-4-2)18-7-5-17(6-8-18)15-20-21-19(24)16-22-11-13-25-14-12-22/h5-8,15H,3-4,9-14,16H2,1-2H3,(H,21,24)/p+1/b20-15-. The Morgan fingerprint density at radius 3 is 2.44 bits per heavy atom. The van der Waals surface area contributed by atoms with Gasteiger partial charge in [0.05, 0.1) is 19.4 Å². The lowest BCUT2D eigenvalue weighted by Crippen LogP contribution is -3.15. The van der Waals surface area contributed by atoms with Gasteiger partial charge in [-0.2, -0.15) is 5.10 Å². The number of amides is 1. The molecule has 1 aliphatic rings. The summed E-state index contributed by atoms with van der Waals surface area (Å²) in [6.07, 6.45) is 3.97. The molecule has 1 aliphatic heterocycles. The van der Waals surface area contributed by atoms with Crippen LogP contribution in [0.3, 0.4) is 0 Å². The highest BCUT2D eigenvalue weighted by Crippen LogP contribution is 2.15. The van der Waals surface area contributed by atoms with E-state index in [1.165, 1.54) is 10.6 Å². The maximum Gasteiger partial charge on any atom is 0.295 e. The van der Waals surface area contributed by atoms with Gasteiger partial charge in [0.1, 0.15) is 13.1 Å². The van der Waals surface area contributed by atoms with E-state index in [1.54, 1.807) is 6.21 Å². The van der Waals surface area contributed by atoms with Gasteiger partial charge in [-0.05, 0) is 30.5 Å². The van der Waals surface area contributed by atoms with Gasteiger partial charge in [-0.25, -0.2) is 5.43 Å². The molecular weight excluding hydrogens is 316 g/mol. The quantitative estimate of drug-likeness (QED) is 0.510. The van der Waals surface area contributed by atoms with Crippen LogP contribution in [0.4, 0.5) is 5.69 Å². The van der Waals surface area contributed by atoms with E-state index in [1.807, 2.05) is 12.1 Å². The fourth-order valence-corrected chi connectivity index (χ4v) is 2.96. The molecule has 2 rings (SSSR count). The van der Waals surface area contributed by atoms with Crippen molar-refractivity contribution in [1.82, 2.24) is 5.43 Å². The maximum atomic E-state index is 11.9. The number of hydrogen-bond acceptors (Lipinski definition) is 4. The first kappa shape index (κ1) is 19.4. The van der Waals surface area contributed by atoms with Crippen molar-refractivity contribution in [3.8, 4) is 0 Å². The fraction of sp³-hybridized carbons (Fsp3) is 0.579. The van der Waals surface area contributed by atoms with Crippen molar-refractivity contribution in [3.63, 3.8) is 0 Å². The van der Waals surface area contributed by atoms with Gasteiger partial charge in [0.15, 0.2) is 6.54 Å². The highest BCUT2D eigenvalue weighted by Gasteiger charge is 2.16. The summed E-state index contributed by atoms with van der Waals surface area (Å²) in [4.78, 5) is 15.5. The van der Waals surface area contributed by atoms with Gasteiger partial charge in [0.25, 0.3) is 5.91 Å². The third-order valence-electron chi connectivity index (χ3n) is 4.26. The molecule has 0 atom stereocenters. The second-order valence-electron chi connectivity index (χ2n) is 6.41. The lowest BCUT2D eigenvalue weighted by Gasteiger charge is -2.23. The zero-order valence-corrected chi connectivity index (χ0v) is 15.5. The summed E-state index contributed by atoms with van der Waals surface area (Å²) in [6.45, 7) is 10.2. The molecule has 1 saturated heterocycles. The number of carbonyl (C=O) groups excluding carboxylic acids is 1. The Labute approximate surface area is 150 Å². The van der Waals surface area contributed by atoms with Crippen molar-refractivity contribution in [2.24, 2.45) is 5.10 Å². The average molecular weight is 347 g/mol. The van der Waals surface area contributed by atoms with Crippen LogP contribution in [0.25, 0.3) is 0 Å². The predicted molar refractivity (Wildman–Crippen MR) is 101 cm³/mol. The number of morpholine rings is 1. The van der Waals surface area contributed by atoms with E-state index in [2.05, 4.69) is 41.4 Å². The molecule has 25 heavy (non-hydrogen) atoms. The van der Waals surface area contributed by atoms with Gasteiger partial charge in [0.2, 0.25) is 0 Å². The Morgan fingerprint density at radius 1 is 1.20 bits per heavy atom. The van der Waals surface area contributed by atoms with Crippen LogP contribution in [0.5, 0.6) is 0 Å². The van der Waals surface area contributed by atoms with Crippen LogP contribution in [0.2, 0.25) is 0 Å². The summed E-state index contributed by atoms with van der Waals surface area (Å²) in [7, 11) is 0. The number of ether oxygens (including phenoxy) is 1. The number of anilines is 1. The van der Waals surface area contributed by atoms with Gasteiger partial charge < -0.3 is 14.5 Å². The number of carbonyl (C=O) groups is 1. The lowest BCUT2D eigenvalue weighted by molar-refractivity contribution is -0.900. The molecule has 0 unspecified atom stereocenters. The molecule has 0 saturated carbocycles. The first-order valence-corrected chi connectivity index (χ1v) is 9.31. The van der Waals surface area contributed by atoms with Crippen molar-refractivity contribution in [3.05, 3.63) is 29.8 Å². The molecular formula is C19H31N4O2+. The number of quaternary nitrogens is 1. The van der Waals surface area contributed by atoms with Crippen molar-refractivity contribution in [2.75, 3.05) is 50.8 Å². The summed E-state index contributed by atoms with van der Waals surface area (Å²) in [5.41, 5.74) is 4.83. The number of rotatable bonds is 9. The molecule has 0 aliphatic carbocycles. The van der Waals surface area contributed by atoms with Crippen LogP contribution < -0.4 is 15.2 Å². The second kappa shape index (κ2) is 10.8. The predicted octanol–water partition coefficient (Wildman–Crippen LogP) is 0.678. The highest BCUT2D eigenvalue weighted by atomic mass is 16.5. The van der Waals surface area contributed by atoms with Gasteiger partial charge in [-0.1, -0.05) is 26.0 Å². The molecule has 1 amide bonds. The van der Waals surface area contributed by atoms with E-state index in [9.17, 15) is 4.79 Å². The monoisotopic (exact) mass is 347 g/mol. The van der Waals surface area contributed by atoms with Crippen molar-refractivity contribution in [2.45, 2.75) is 26.7 Å². The first-order valence-electron chi connectivity index (χ1n) is 9.31.